The Morgan fingerprint density at radius 2 is 2.08 bits per heavy atom. The average molecular weight is 345 g/mol. The van der Waals surface area contributed by atoms with Crippen molar-refractivity contribution >= 4 is 11.8 Å². The smallest absolute Gasteiger partial charge is 0.242 e. The van der Waals surface area contributed by atoms with E-state index in [1.165, 1.54) is 12.1 Å². The van der Waals surface area contributed by atoms with Crippen LogP contribution in [0.4, 0.5) is 4.39 Å². The molecule has 1 N–H and O–H groups in total. The minimum absolute atomic E-state index is 0.0520. The van der Waals surface area contributed by atoms with Crippen LogP contribution in [0.5, 0.6) is 0 Å². The van der Waals surface area contributed by atoms with Crippen LogP contribution in [0, 0.1) is 17.2 Å². The molecule has 2 heterocycles. The summed E-state index contributed by atoms with van der Waals surface area (Å²) >= 11 is 0. The van der Waals surface area contributed by atoms with Gasteiger partial charge in [0.1, 0.15) is 5.82 Å². The second-order valence-corrected chi connectivity index (χ2v) is 7.57. The van der Waals surface area contributed by atoms with Crippen molar-refractivity contribution in [1.29, 1.82) is 0 Å². The zero-order chi connectivity index (χ0) is 17.4. The minimum Gasteiger partial charge on any atom is -0.335 e. The van der Waals surface area contributed by atoms with Crippen LogP contribution in [-0.2, 0) is 16.1 Å². The number of nitrogens with one attached hydrogen (secondary N) is 1. The highest BCUT2D eigenvalue weighted by Gasteiger charge is 2.58. The van der Waals surface area contributed by atoms with E-state index in [0.29, 0.717) is 19.6 Å². The Balaban J connectivity index is 1.34. The fraction of sp³-hybridized carbons (Fsp3) is 0.579. The van der Waals surface area contributed by atoms with E-state index in [-0.39, 0.29) is 35.5 Å². The number of hydrogen-bond donors (Lipinski definition) is 1. The molecule has 5 nitrogen and oxygen atoms in total. The molecule has 2 saturated heterocycles. The molecule has 2 amide bonds. The number of carbonyl (C=O) groups excluding carboxylic acids is 2. The number of rotatable bonds is 3. The summed E-state index contributed by atoms with van der Waals surface area (Å²) in [6.07, 6.45) is 3.11. The first-order valence-corrected chi connectivity index (χ1v) is 9.09. The van der Waals surface area contributed by atoms with Crippen LogP contribution in [0.3, 0.4) is 0 Å². The van der Waals surface area contributed by atoms with Crippen molar-refractivity contribution in [2.75, 3.05) is 32.7 Å². The summed E-state index contributed by atoms with van der Waals surface area (Å²) in [6.45, 7) is 3.62. The van der Waals surface area contributed by atoms with Crippen LogP contribution in [0.1, 0.15) is 24.8 Å². The number of piperidine rings is 1. The fourth-order valence-electron chi connectivity index (χ4n) is 4.31. The van der Waals surface area contributed by atoms with Crippen LogP contribution < -0.4 is 5.32 Å². The molecule has 1 saturated carbocycles. The molecule has 0 radical (unpaired) electrons. The van der Waals surface area contributed by atoms with Crippen molar-refractivity contribution in [3.63, 3.8) is 0 Å². The molecular weight excluding hydrogens is 321 g/mol. The molecule has 0 aromatic heterocycles. The summed E-state index contributed by atoms with van der Waals surface area (Å²) < 4.78 is 13.3. The van der Waals surface area contributed by atoms with Gasteiger partial charge in [-0.2, -0.15) is 0 Å². The standard InChI is InChI=1S/C19H24FN3O2/c20-15-3-1-2-14(10-15)12-22-8-9-23(13-17(22)24)18(25)16-11-19(16)4-6-21-7-5-19/h1-3,10,16,21H,4-9,11-13H2. The van der Waals surface area contributed by atoms with Gasteiger partial charge in [0.25, 0.3) is 0 Å². The van der Waals surface area contributed by atoms with Gasteiger partial charge >= 0.3 is 0 Å². The van der Waals surface area contributed by atoms with Gasteiger partial charge in [-0.05, 0) is 55.5 Å². The van der Waals surface area contributed by atoms with Gasteiger partial charge in [0, 0.05) is 25.6 Å². The zero-order valence-electron chi connectivity index (χ0n) is 14.3. The highest BCUT2D eigenvalue weighted by atomic mass is 19.1. The molecule has 1 atom stereocenters. The molecule has 25 heavy (non-hydrogen) atoms. The molecule has 4 rings (SSSR count). The summed E-state index contributed by atoms with van der Waals surface area (Å²) in [7, 11) is 0. The van der Waals surface area contributed by atoms with Crippen LogP contribution >= 0.6 is 0 Å². The van der Waals surface area contributed by atoms with Crippen LogP contribution in [0.2, 0.25) is 0 Å². The van der Waals surface area contributed by atoms with Crippen molar-refractivity contribution in [1.82, 2.24) is 15.1 Å². The normalized spacial score (nSPS) is 25.3. The van der Waals surface area contributed by atoms with E-state index in [1.54, 1.807) is 15.9 Å². The maximum Gasteiger partial charge on any atom is 0.242 e. The predicted octanol–water partition coefficient (Wildman–Crippen LogP) is 1.39. The number of amides is 2. The quantitative estimate of drug-likeness (QED) is 0.901. The number of carbonyl (C=O) groups is 2. The Morgan fingerprint density at radius 3 is 2.80 bits per heavy atom. The Morgan fingerprint density at radius 1 is 1.28 bits per heavy atom. The molecule has 1 aromatic rings. The summed E-state index contributed by atoms with van der Waals surface area (Å²) in [4.78, 5) is 28.7. The predicted molar refractivity (Wildman–Crippen MR) is 91.0 cm³/mol. The first kappa shape index (κ1) is 16.5. The Bertz CT molecular complexity index is 687. The van der Waals surface area contributed by atoms with E-state index < -0.39 is 0 Å². The molecule has 134 valence electrons. The third-order valence-corrected chi connectivity index (χ3v) is 5.98. The lowest BCUT2D eigenvalue weighted by Gasteiger charge is -2.35. The van der Waals surface area contributed by atoms with Crippen LogP contribution in [0.25, 0.3) is 0 Å². The van der Waals surface area contributed by atoms with Crippen molar-refractivity contribution in [2.45, 2.75) is 25.8 Å². The number of benzene rings is 1. The van der Waals surface area contributed by atoms with E-state index in [4.69, 9.17) is 0 Å². The molecule has 6 heteroatoms. The molecule has 1 aromatic carbocycles. The van der Waals surface area contributed by atoms with Gasteiger partial charge in [0.05, 0.1) is 6.54 Å². The summed E-state index contributed by atoms with van der Waals surface area (Å²) in [5, 5.41) is 3.35. The molecule has 2 aliphatic heterocycles. The number of hydrogen-bond acceptors (Lipinski definition) is 3. The first-order valence-electron chi connectivity index (χ1n) is 9.09. The van der Waals surface area contributed by atoms with Gasteiger partial charge < -0.3 is 15.1 Å². The van der Waals surface area contributed by atoms with E-state index in [9.17, 15) is 14.0 Å². The molecule has 0 bridgehead atoms. The number of halogens is 1. The second kappa shape index (κ2) is 6.41. The Hall–Kier alpha value is -1.95. The molecule has 3 fully saturated rings. The average Bonchev–Trinajstić information content (AvgIpc) is 3.29. The maximum atomic E-state index is 13.3. The molecular formula is C19H24FN3O2. The number of piperazine rings is 1. The largest absolute Gasteiger partial charge is 0.335 e. The Kier molecular flexibility index (Phi) is 4.23. The van der Waals surface area contributed by atoms with Crippen LogP contribution in [0.15, 0.2) is 24.3 Å². The fourth-order valence-corrected chi connectivity index (χ4v) is 4.31. The van der Waals surface area contributed by atoms with Gasteiger partial charge in [-0.3, -0.25) is 9.59 Å². The molecule has 1 spiro atoms. The van der Waals surface area contributed by atoms with Gasteiger partial charge in [0.2, 0.25) is 11.8 Å². The highest BCUT2D eigenvalue weighted by molar-refractivity contribution is 5.89. The highest BCUT2D eigenvalue weighted by Crippen LogP contribution is 2.59. The monoisotopic (exact) mass is 345 g/mol. The third-order valence-electron chi connectivity index (χ3n) is 5.98. The topological polar surface area (TPSA) is 52.7 Å². The summed E-state index contributed by atoms with van der Waals surface area (Å²) in [5.74, 6) is -0.0820. The minimum atomic E-state index is -0.292. The van der Waals surface area contributed by atoms with Gasteiger partial charge in [-0.15, -0.1) is 0 Å². The van der Waals surface area contributed by atoms with E-state index in [2.05, 4.69) is 5.32 Å². The lowest BCUT2D eigenvalue weighted by Crippen LogP contribution is -2.52. The van der Waals surface area contributed by atoms with Crippen LogP contribution in [-0.4, -0.2) is 54.3 Å². The SMILES string of the molecule is O=C1CN(C(=O)C2CC23CCNCC3)CCN1Cc1cccc(F)c1. The molecule has 1 unspecified atom stereocenters. The van der Waals surface area contributed by atoms with Crippen molar-refractivity contribution < 1.29 is 14.0 Å². The van der Waals surface area contributed by atoms with Crippen molar-refractivity contribution in [3.05, 3.63) is 35.6 Å². The summed E-state index contributed by atoms with van der Waals surface area (Å²) in [6, 6.07) is 6.32. The van der Waals surface area contributed by atoms with Gasteiger partial charge in [-0.1, -0.05) is 12.1 Å². The van der Waals surface area contributed by atoms with E-state index >= 15 is 0 Å². The lowest BCUT2D eigenvalue weighted by molar-refractivity contribution is -0.147. The molecule has 3 aliphatic rings. The van der Waals surface area contributed by atoms with E-state index in [0.717, 1.165) is 37.9 Å². The third kappa shape index (κ3) is 3.27. The Labute approximate surface area is 147 Å². The number of nitrogens with zero attached hydrogens (tertiary/aromatic N) is 2. The maximum absolute atomic E-state index is 13.3. The van der Waals surface area contributed by atoms with Gasteiger partial charge in [0.15, 0.2) is 0 Å². The second-order valence-electron chi connectivity index (χ2n) is 7.57. The lowest BCUT2D eigenvalue weighted by atomic mass is 9.91. The van der Waals surface area contributed by atoms with Gasteiger partial charge in [-0.25, -0.2) is 4.39 Å². The van der Waals surface area contributed by atoms with E-state index in [1.807, 2.05) is 6.07 Å². The first-order chi connectivity index (χ1) is 12.1. The summed E-state index contributed by atoms with van der Waals surface area (Å²) in [5.41, 5.74) is 0.980. The van der Waals surface area contributed by atoms with Crippen molar-refractivity contribution in [2.24, 2.45) is 11.3 Å². The zero-order valence-corrected chi connectivity index (χ0v) is 14.3. The molecule has 1 aliphatic carbocycles. The van der Waals surface area contributed by atoms with Crippen molar-refractivity contribution in [3.8, 4) is 0 Å².